The summed E-state index contributed by atoms with van der Waals surface area (Å²) >= 11 is 0. The smallest absolute Gasteiger partial charge is 0.348 e. The van der Waals surface area contributed by atoms with Crippen LogP contribution in [0.25, 0.3) is 0 Å². The second-order valence-electron chi connectivity index (χ2n) is 10.8. The van der Waals surface area contributed by atoms with Crippen molar-refractivity contribution in [1.82, 2.24) is 4.90 Å². The van der Waals surface area contributed by atoms with E-state index in [2.05, 4.69) is 17.0 Å². The minimum atomic E-state index is -2.29. The van der Waals surface area contributed by atoms with Gasteiger partial charge in [-0.2, -0.15) is 0 Å². The molecule has 220 valence electrons. The topological polar surface area (TPSA) is 160 Å². The summed E-state index contributed by atoms with van der Waals surface area (Å²) in [5.74, 6) is -3.18. The lowest BCUT2D eigenvalue weighted by atomic mass is 9.64. The number of primary amides is 1. The molecule has 2 aliphatic rings. The number of rotatable bonds is 12. The number of carbonyl (C=O) groups is 3. The van der Waals surface area contributed by atoms with Crippen molar-refractivity contribution in [2.45, 2.75) is 36.9 Å². The van der Waals surface area contributed by atoms with E-state index in [0.717, 1.165) is 31.7 Å². The summed E-state index contributed by atoms with van der Waals surface area (Å²) in [7, 11) is 0. The molecule has 3 aromatic carbocycles. The van der Waals surface area contributed by atoms with Crippen molar-refractivity contribution in [3.05, 3.63) is 95.1 Å². The van der Waals surface area contributed by atoms with Crippen molar-refractivity contribution < 1.29 is 39.2 Å². The lowest BCUT2D eigenvalue weighted by Gasteiger charge is -2.38. The summed E-state index contributed by atoms with van der Waals surface area (Å²) in [5, 5.41) is 28.5. The van der Waals surface area contributed by atoms with Crippen LogP contribution in [0, 0.1) is 5.92 Å². The zero-order valence-electron chi connectivity index (χ0n) is 23.0. The van der Waals surface area contributed by atoms with Crippen molar-refractivity contribution in [3.63, 3.8) is 0 Å². The molecule has 2 heterocycles. The Hall–Kier alpha value is -4.41. The highest BCUT2D eigenvalue weighted by atomic mass is 16.5. The third-order valence-electron chi connectivity index (χ3n) is 8.31. The van der Waals surface area contributed by atoms with Crippen LogP contribution in [0.1, 0.15) is 28.7 Å². The van der Waals surface area contributed by atoms with E-state index in [-0.39, 0.29) is 11.7 Å². The number of aliphatic hydroxyl groups is 1. The minimum absolute atomic E-state index is 0.00259. The van der Waals surface area contributed by atoms with Crippen LogP contribution in [0.3, 0.4) is 0 Å². The van der Waals surface area contributed by atoms with Gasteiger partial charge in [-0.3, -0.25) is 4.79 Å². The molecule has 0 bridgehead atoms. The van der Waals surface area contributed by atoms with Gasteiger partial charge in [-0.05, 0) is 65.8 Å². The van der Waals surface area contributed by atoms with Gasteiger partial charge in [-0.25, -0.2) is 9.59 Å². The van der Waals surface area contributed by atoms with Gasteiger partial charge in [-0.15, -0.1) is 0 Å². The molecular formula is C32H34N2O8. The van der Waals surface area contributed by atoms with Crippen molar-refractivity contribution >= 4 is 17.8 Å². The van der Waals surface area contributed by atoms with Gasteiger partial charge in [0.05, 0.1) is 6.61 Å². The van der Waals surface area contributed by atoms with Gasteiger partial charge < -0.3 is 35.4 Å². The van der Waals surface area contributed by atoms with Crippen LogP contribution in [-0.4, -0.2) is 76.5 Å². The van der Waals surface area contributed by atoms with Gasteiger partial charge in [0, 0.05) is 19.5 Å². The number of benzene rings is 3. The Balaban J connectivity index is 1.43. The van der Waals surface area contributed by atoms with Crippen LogP contribution < -0.4 is 15.2 Å². The Morgan fingerprint density at radius 1 is 1.00 bits per heavy atom. The third kappa shape index (κ3) is 5.68. The number of carbonyl (C=O) groups excluding carboxylic acids is 1. The van der Waals surface area contributed by atoms with Crippen LogP contribution >= 0.6 is 0 Å². The monoisotopic (exact) mass is 574 g/mol. The molecule has 10 heteroatoms. The van der Waals surface area contributed by atoms with E-state index < -0.39 is 35.5 Å². The van der Waals surface area contributed by atoms with E-state index >= 15 is 0 Å². The number of likely N-dealkylation sites (tertiary alicyclic amines) is 1. The van der Waals surface area contributed by atoms with E-state index in [4.69, 9.17) is 20.3 Å². The van der Waals surface area contributed by atoms with Crippen molar-refractivity contribution in [2.24, 2.45) is 11.7 Å². The second-order valence-corrected chi connectivity index (χ2v) is 10.8. The number of ether oxygens (including phenoxy) is 2. The first-order chi connectivity index (χ1) is 20.2. The molecule has 0 aliphatic carbocycles. The predicted octanol–water partition coefficient (Wildman–Crippen LogP) is 2.23. The third-order valence-corrected chi connectivity index (χ3v) is 8.31. The first-order valence-corrected chi connectivity index (χ1v) is 13.9. The highest BCUT2D eigenvalue weighted by molar-refractivity contribution is 5.91. The fourth-order valence-corrected chi connectivity index (χ4v) is 6.24. The minimum Gasteiger partial charge on any atom is -0.493 e. The quantitative estimate of drug-likeness (QED) is 0.254. The number of hydrogen-bond donors (Lipinski definition) is 4. The van der Waals surface area contributed by atoms with Crippen molar-refractivity contribution in [1.29, 1.82) is 0 Å². The molecule has 0 aromatic heterocycles. The SMILES string of the molecule is NC(=O)C(c1ccccc1)(c1cccc(OC(C(=O)O)C(O)C(=O)O)c1)C1CCN(CCc2ccc3c(c2)CCO3)C1. The molecule has 0 radical (unpaired) electrons. The normalized spacial score (nSPS) is 19.2. The molecule has 0 spiro atoms. The van der Waals surface area contributed by atoms with Gasteiger partial charge in [0.1, 0.15) is 16.9 Å². The maximum atomic E-state index is 13.6. The Bertz CT molecular complexity index is 1460. The van der Waals surface area contributed by atoms with Gasteiger partial charge in [0.2, 0.25) is 12.0 Å². The number of amides is 1. The van der Waals surface area contributed by atoms with Crippen LogP contribution in [0.15, 0.2) is 72.8 Å². The largest absolute Gasteiger partial charge is 0.493 e. The number of aliphatic hydroxyl groups excluding tert-OH is 1. The van der Waals surface area contributed by atoms with Crippen molar-refractivity contribution in [2.75, 3.05) is 26.2 Å². The summed E-state index contributed by atoms with van der Waals surface area (Å²) in [6.07, 6.45) is -1.89. The highest BCUT2D eigenvalue weighted by Crippen LogP contribution is 2.44. The lowest BCUT2D eigenvalue weighted by molar-refractivity contribution is -0.163. The highest BCUT2D eigenvalue weighted by Gasteiger charge is 2.50. The van der Waals surface area contributed by atoms with Gasteiger partial charge >= 0.3 is 11.9 Å². The molecule has 4 unspecified atom stereocenters. The molecule has 5 N–H and O–H groups in total. The molecule has 5 rings (SSSR count). The summed E-state index contributed by atoms with van der Waals surface area (Å²) in [4.78, 5) is 38.9. The maximum Gasteiger partial charge on any atom is 0.348 e. The number of nitrogens with two attached hydrogens (primary N) is 1. The van der Waals surface area contributed by atoms with Gasteiger partial charge in [-0.1, -0.05) is 54.6 Å². The first kappa shape index (κ1) is 29.1. The average molecular weight is 575 g/mol. The second kappa shape index (κ2) is 12.2. The Morgan fingerprint density at radius 2 is 1.76 bits per heavy atom. The molecule has 3 aromatic rings. The Kier molecular flexibility index (Phi) is 8.46. The molecule has 4 atom stereocenters. The standard InChI is InChI=1S/C32H34N2O8/c33-31(40)32(22-5-2-1-3-6-22,23-7-4-8-25(18-23)42-28(30(38)39)27(35)29(36)37)24-12-15-34(19-24)14-11-20-9-10-26-21(17-20)13-16-41-26/h1-10,17-18,24,27-28,35H,11-16,19H2,(H2,33,40)(H,36,37)(H,38,39). The number of carboxylic acid groups (broad SMARTS) is 2. The van der Waals surface area contributed by atoms with Crippen LogP contribution in [0.5, 0.6) is 11.5 Å². The zero-order chi connectivity index (χ0) is 29.9. The van der Waals surface area contributed by atoms with Crippen LogP contribution in [-0.2, 0) is 32.6 Å². The fourth-order valence-electron chi connectivity index (χ4n) is 6.24. The van der Waals surface area contributed by atoms with Crippen LogP contribution in [0.2, 0.25) is 0 Å². The van der Waals surface area contributed by atoms with Crippen molar-refractivity contribution in [3.8, 4) is 11.5 Å². The summed E-state index contributed by atoms with van der Waals surface area (Å²) in [6.45, 7) is 2.88. The number of hydrogen-bond acceptors (Lipinski definition) is 7. The van der Waals surface area contributed by atoms with Crippen LogP contribution in [0.4, 0.5) is 0 Å². The molecule has 2 aliphatic heterocycles. The summed E-state index contributed by atoms with van der Waals surface area (Å²) in [5.41, 5.74) is 8.62. The average Bonchev–Trinajstić information content (AvgIpc) is 3.65. The molecule has 1 saturated heterocycles. The zero-order valence-corrected chi connectivity index (χ0v) is 23.0. The summed E-state index contributed by atoms with van der Waals surface area (Å²) < 4.78 is 11.1. The maximum absolute atomic E-state index is 13.6. The van der Waals surface area contributed by atoms with E-state index in [1.165, 1.54) is 23.3 Å². The molecule has 1 fully saturated rings. The van der Waals surface area contributed by atoms with E-state index in [0.29, 0.717) is 30.7 Å². The molecule has 0 saturated carbocycles. The number of nitrogens with zero attached hydrogens (tertiary/aromatic N) is 1. The lowest BCUT2D eigenvalue weighted by Crippen LogP contribution is -2.49. The molecule has 42 heavy (non-hydrogen) atoms. The van der Waals surface area contributed by atoms with Gasteiger partial charge in [0.25, 0.3) is 0 Å². The summed E-state index contributed by atoms with van der Waals surface area (Å²) in [6, 6.07) is 21.8. The van der Waals surface area contributed by atoms with E-state index in [1.54, 1.807) is 12.1 Å². The number of fused-ring (bicyclic) bond motifs is 1. The predicted molar refractivity (Wildman–Crippen MR) is 152 cm³/mol. The molecule has 10 nitrogen and oxygen atoms in total. The molecular weight excluding hydrogens is 540 g/mol. The number of aliphatic carboxylic acids is 2. The van der Waals surface area contributed by atoms with E-state index in [9.17, 15) is 24.6 Å². The van der Waals surface area contributed by atoms with E-state index in [1.807, 2.05) is 36.4 Å². The fraction of sp³-hybridized carbons (Fsp3) is 0.344. The Labute approximate surface area is 243 Å². The Morgan fingerprint density at radius 3 is 2.48 bits per heavy atom. The number of carboxylic acids is 2. The molecule has 1 amide bonds. The first-order valence-electron chi connectivity index (χ1n) is 13.9. The van der Waals surface area contributed by atoms with Gasteiger partial charge in [0.15, 0.2) is 6.10 Å².